The molecule has 3 heteroatoms. The fourth-order valence-electron chi connectivity index (χ4n) is 0.671. The third-order valence-electron chi connectivity index (χ3n) is 1.17. The Morgan fingerprint density at radius 2 is 2.44 bits per heavy atom. The van der Waals surface area contributed by atoms with Crippen LogP contribution in [0.4, 0.5) is 11.4 Å². The minimum atomic E-state index is 0.736. The monoisotopic (exact) mass is 124 g/mol. The van der Waals surface area contributed by atoms with Crippen LogP contribution in [0, 0.1) is 0 Å². The first kappa shape index (κ1) is 5.88. The molecule has 1 aromatic heterocycles. The Morgan fingerprint density at radius 3 is 2.89 bits per heavy atom. The molecule has 0 radical (unpaired) electrons. The summed E-state index contributed by atoms with van der Waals surface area (Å²) in [4.78, 5) is 2.87. The lowest BCUT2D eigenvalue weighted by Gasteiger charge is -1.97. The van der Waals surface area contributed by atoms with Crippen LogP contribution in [0.25, 0.3) is 0 Å². The molecule has 3 nitrogen and oxygen atoms in total. The highest BCUT2D eigenvalue weighted by atomic mass is 14.9. The largest absolute Gasteiger partial charge is 0.392 e. The first-order valence-electron chi connectivity index (χ1n) is 2.78. The number of pyridine rings is 1. The summed E-state index contributed by atoms with van der Waals surface area (Å²) in [6.45, 7) is 0. The van der Waals surface area contributed by atoms with E-state index in [-0.39, 0.29) is 0 Å². The zero-order valence-electron chi connectivity index (χ0n) is 5.31. The van der Waals surface area contributed by atoms with Crippen molar-refractivity contribution in [1.82, 2.24) is 0 Å². The van der Waals surface area contributed by atoms with Crippen molar-refractivity contribution >= 4 is 11.4 Å². The Hall–Kier alpha value is -1.25. The van der Waals surface area contributed by atoms with Gasteiger partial charge in [-0.3, -0.25) is 0 Å². The number of aromatic nitrogens is 1. The molecular weight excluding hydrogens is 114 g/mol. The van der Waals surface area contributed by atoms with Gasteiger partial charge in [0.2, 0.25) is 0 Å². The van der Waals surface area contributed by atoms with Crippen LogP contribution in [-0.2, 0) is 0 Å². The van der Waals surface area contributed by atoms with E-state index in [2.05, 4.69) is 10.3 Å². The molecule has 1 heterocycles. The van der Waals surface area contributed by atoms with Crippen LogP contribution in [0.5, 0.6) is 0 Å². The lowest BCUT2D eigenvalue weighted by molar-refractivity contribution is -0.376. The SMILES string of the molecule is CNc1cc[nH+]cc1N. The number of nitrogens with one attached hydrogen (secondary N) is 2. The maximum Gasteiger partial charge on any atom is 0.192 e. The molecule has 9 heavy (non-hydrogen) atoms. The summed E-state index contributed by atoms with van der Waals surface area (Å²) < 4.78 is 0. The first-order chi connectivity index (χ1) is 4.34. The van der Waals surface area contributed by atoms with Gasteiger partial charge in [-0.2, -0.15) is 0 Å². The molecule has 0 atom stereocenters. The summed E-state index contributed by atoms with van der Waals surface area (Å²) in [5, 5.41) is 2.95. The summed E-state index contributed by atoms with van der Waals surface area (Å²) in [5.74, 6) is 0. The van der Waals surface area contributed by atoms with Crippen molar-refractivity contribution in [2.45, 2.75) is 0 Å². The first-order valence-corrected chi connectivity index (χ1v) is 2.78. The van der Waals surface area contributed by atoms with Gasteiger partial charge < -0.3 is 11.1 Å². The van der Waals surface area contributed by atoms with E-state index in [0.29, 0.717) is 0 Å². The van der Waals surface area contributed by atoms with Crippen molar-refractivity contribution in [2.75, 3.05) is 18.1 Å². The van der Waals surface area contributed by atoms with Crippen LogP contribution in [0.2, 0.25) is 0 Å². The standard InChI is InChI=1S/C6H9N3/c1-8-6-2-3-9-4-5(6)7/h2-4H,7H2,1H3,(H,8,9)/p+1. The molecule has 0 aliphatic heterocycles. The average Bonchev–Trinajstić information content (AvgIpc) is 1.89. The Balaban J connectivity index is 3.01. The zero-order chi connectivity index (χ0) is 6.69. The summed E-state index contributed by atoms with van der Waals surface area (Å²) in [5.41, 5.74) is 7.23. The number of rotatable bonds is 1. The van der Waals surface area contributed by atoms with Crippen molar-refractivity contribution in [3.63, 3.8) is 0 Å². The van der Waals surface area contributed by atoms with Crippen molar-refractivity contribution < 1.29 is 4.98 Å². The van der Waals surface area contributed by atoms with Gasteiger partial charge in [-0.1, -0.05) is 0 Å². The van der Waals surface area contributed by atoms with E-state index in [1.807, 2.05) is 19.3 Å². The fourth-order valence-corrected chi connectivity index (χ4v) is 0.671. The van der Waals surface area contributed by atoms with Gasteiger partial charge >= 0.3 is 0 Å². The molecule has 0 amide bonds. The second-order valence-corrected chi connectivity index (χ2v) is 1.76. The van der Waals surface area contributed by atoms with Gasteiger partial charge in [0.1, 0.15) is 5.69 Å². The van der Waals surface area contributed by atoms with Crippen molar-refractivity contribution in [3.8, 4) is 0 Å². The highest BCUT2D eigenvalue weighted by Gasteiger charge is 1.94. The van der Waals surface area contributed by atoms with Crippen molar-refractivity contribution in [1.29, 1.82) is 0 Å². The highest BCUT2D eigenvalue weighted by Crippen LogP contribution is 2.11. The second kappa shape index (κ2) is 2.35. The molecular formula is C6H10N3+. The molecule has 1 rings (SSSR count). The topological polar surface area (TPSA) is 52.2 Å². The number of hydrogen-bond acceptors (Lipinski definition) is 2. The van der Waals surface area contributed by atoms with Gasteiger partial charge in [-0.25, -0.2) is 4.98 Å². The normalized spacial score (nSPS) is 9.00. The second-order valence-electron chi connectivity index (χ2n) is 1.76. The Kier molecular flexibility index (Phi) is 1.53. The lowest BCUT2D eigenvalue weighted by Crippen LogP contribution is -2.04. The molecule has 0 saturated heterocycles. The maximum absolute atomic E-state index is 5.54. The van der Waals surface area contributed by atoms with Gasteiger partial charge in [0.05, 0.1) is 5.69 Å². The van der Waals surface area contributed by atoms with Crippen molar-refractivity contribution in [2.24, 2.45) is 0 Å². The minimum absolute atomic E-state index is 0.736. The van der Waals surface area contributed by atoms with Crippen LogP contribution < -0.4 is 16.0 Å². The number of anilines is 2. The van der Waals surface area contributed by atoms with E-state index < -0.39 is 0 Å². The van der Waals surface area contributed by atoms with Gasteiger partial charge in [-0.05, 0) is 0 Å². The third kappa shape index (κ3) is 1.10. The zero-order valence-corrected chi connectivity index (χ0v) is 5.31. The number of hydrogen-bond donors (Lipinski definition) is 2. The molecule has 4 N–H and O–H groups in total. The quantitative estimate of drug-likeness (QED) is 0.559. The molecule has 0 bridgehead atoms. The van der Waals surface area contributed by atoms with E-state index >= 15 is 0 Å². The Bertz CT molecular complexity index is 197. The van der Waals surface area contributed by atoms with Gasteiger partial charge in [0.15, 0.2) is 12.4 Å². The molecule has 0 saturated carbocycles. The van der Waals surface area contributed by atoms with Crippen LogP contribution >= 0.6 is 0 Å². The summed E-state index contributed by atoms with van der Waals surface area (Å²) in [6.07, 6.45) is 3.56. The molecule has 0 fully saturated rings. The van der Waals surface area contributed by atoms with Crippen LogP contribution in [0.3, 0.4) is 0 Å². The molecule has 0 unspecified atom stereocenters. The Labute approximate surface area is 53.9 Å². The summed E-state index contributed by atoms with van der Waals surface area (Å²) >= 11 is 0. The smallest absolute Gasteiger partial charge is 0.192 e. The van der Waals surface area contributed by atoms with E-state index in [1.165, 1.54) is 0 Å². The molecule has 1 aromatic rings. The van der Waals surface area contributed by atoms with Crippen LogP contribution in [0.1, 0.15) is 0 Å². The van der Waals surface area contributed by atoms with Gasteiger partial charge in [0, 0.05) is 13.1 Å². The van der Waals surface area contributed by atoms with E-state index in [0.717, 1.165) is 11.4 Å². The number of aromatic amines is 1. The number of nitrogens with two attached hydrogens (primary N) is 1. The third-order valence-corrected chi connectivity index (χ3v) is 1.17. The van der Waals surface area contributed by atoms with E-state index in [4.69, 9.17) is 5.73 Å². The van der Waals surface area contributed by atoms with Crippen molar-refractivity contribution in [3.05, 3.63) is 18.5 Å². The molecule has 0 aliphatic carbocycles. The van der Waals surface area contributed by atoms with Gasteiger partial charge in [0.25, 0.3) is 0 Å². The molecule has 0 spiro atoms. The van der Waals surface area contributed by atoms with Gasteiger partial charge in [-0.15, -0.1) is 0 Å². The van der Waals surface area contributed by atoms with E-state index in [9.17, 15) is 0 Å². The maximum atomic E-state index is 5.54. The summed E-state index contributed by atoms with van der Waals surface area (Å²) in [6, 6.07) is 1.88. The number of nitrogen functional groups attached to an aromatic ring is 1. The predicted octanol–water partition coefficient (Wildman–Crippen LogP) is 0.125. The Morgan fingerprint density at radius 1 is 1.67 bits per heavy atom. The molecule has 0 aliphatic rings. The minimum Gasteiger partial charge on any atom is -0.392 e. The fraction of sp³-hybridized carbons (Fsp3) is 0.167. The highest BCUT2D eigenvalue weighted by molar-refractivity contribution is 5.62. The average molecular weight is 124 g/mol. The number of H-pyrrole nitrogens is 1. The van der Waals surface area contributed by atoms with Crippen LogP contribution in [-0.4, -0.2) is 7.05 Å². The summed E-state index contributed by atoms with van der Waals surface area (Å²) in [7, 11) is 1.84. The lowest BCUT2D eigenvalue weighted by atomic mass is 10.3. The molecule has 48 valence electrons. The van der Waals surface area contributed by atoms with Crippen LogP contribution in [0.15, 0.2) is 18.5 Å². The molecule has 0 aromatic carbocycles. The van der Waals surface area contributed by atoms with E-state index in [1.54, 1.807) is 6.20 Å². The predicted molar refractivity (Wildman–Crippen MR) is 37.0 cm³/mol.